The standard InChI is InChI=1S/C17H13N5S/c1-2-13(15-9-18-12-19-10-15)8-14(3-1)16-4-6-22(21-16)11-17-20-5-7-23-17/h1-10,12H,11H2. The van der Waals surface area contributed by atoms with Gasteiger partial charge in [0.2, 0.25) is 0 Å². The second-order valence-corrected chi connectivity index (χ2v) is 6.01. The molecule has 0 aliphatic heterocycles. The lowest BCUT2D eigenvalue weighted by Gasteiger charge is -2.03. The smallest absolute Gasteiger partial charge is 0.115 e. The highest BCUT2D eigenvalue weighted by Crippen LogP contribution is 2.24. The highest BCUT2D eigenvalue weighted by Gasteiger charge is 2.06. The molecule has 1 aromatic carbocycles. The molecule has 0 spiro atoms. The van der Waals surface area contributed by atoms with Crippen molar-refractivity contribution in [2.75, 3.05) is 0 Å². The number of thiazole rings is 1. The van der Waals surface area contributed by atoms with Crippen molar-refractivity contribution in [3.63, 3.8) is 0 Å². The molecule has 4 aromatic rings. The normalized spacial score (nSPS) is 10.8. The Morgan fingerprint density at radius 1 is 1.00 bits per heavy atom. The summed E-state index contributed by atoms with van der Waals surface area (Å²) in [5.74, 6) is 0. The van der Waals surface area contributed by atoms with Crippen molar-refractivity contribution in [1.82, 2.24) is 24.7 Å². The van der Waals surface area contributed by atoms with Gasteiger partial charge in [-0.25, -0.2) is 15.0 Å². The molecule has 112 valence electrons. The van der Waals surface area contributed by atoms with Crippen LogP contribution >= 0.6 is 11.3 Å². The SMILES string of the molecule is c1cc(-c2cncnc2)cc(-c2ccn(Cc3nccs3)n2)c1. The molecule has 0 saturated heterocycles. The molecule has 0 atom stereocenters. The van der Waals surface area contributed by atoms with Gasteiger partial charge in [0.25, 0.3) is 0 Å². The van der Waals surface area contributed by atoms with Gasteiger partial charge in [0.15, 0.2) is 0 Å². The zero-order valence-corrected chi connectivity index (χ0v) is 13.0. The van der Waals surface area contributed by atoms with Gasteiger partial charge in [-0.15, -0.1) is 11.3 Å². The lowest BCUT2D eigenvalue weighted by molar-refractivity contribution is 0.686. The fourth-order valence-electron chi connectivity index (χ4n) is 2.38. The predicted octanol–water partition coefficient (Wildman–Crippen LogP) is 3.51. The van der Waals surface area contributed by atoms with E-state index in [9.17, 15) is 0 Å². The van der Waals surface area contributed by atoms with Crippen molar-refractivity contribution >= 4 is 11.3 Å². The maximum absolute atomic E-state index is 4.64. The van der Waals surface area contributed by atoms with Crippen molar-refractivity contribution in [3.05, 3.63) is 71.8 Å². The van der Waals surface area contributed by atoms with Crippen LogP contribution in [0.4, 0.5) is 0 Å². The quantitative estimate of drug-likeness (QED) is 0.577. The van der Waals surface area contributed by atoms with Gasteiger partial charge in [0.1, 0.15) is 11.3 Å². The highest BCUT2D eigenvalue weighted by atomic mass is 32.1. The lowest BCUT2D eigenvalue weighted by Crippen LogP contribution is -1.99. The summed E-state index contributed by atoms with van der Waals surface area (Å²) >= 11 is 1.64. The average molecular weight is 319 g/mol. The summed E-state index contributed by atoms with van der Waals surface area (Å²) in [5.41, 5.74) is 4.10. The van der Waals surface area contributed by atoms with Gasteiger partial charge >= 0.3 is 0 Å². The van der Waals surface area contributed by atoms with E-state index in [1.165, 1.54) is 6.33 Å². The lowest BCUT2D eigenvalue weighted by atomic mass is 10.0. The molecule has 0 radical (unpaired) electrons. The van der Waals surface area contributed by atoms with Gasteiger partial charge in [0.05, 0.1) is 12.2 Å². The van der Waals surface area contributed by atoms with Crippen LogP contribution in [0, 0.1) is 0 Å². The largest absolute Gasteiger partial charge is 0.265 e. The third kappa shape index (κ3) is 3.02. The van der Waals surface area contributed by atoms with E-state index in [2.05, 4.69) is 38.2 Å². The second-order valence-electron chi connectivity index (χ2n) is 5.03. The van der Waals surface area contributed by atoms with Crippen molar-refractivity contribution < 1.29 is 0 Å². The molecule has 0 aliphatic carbocycles. The van der Waals surface area contributed by atoms with Crippen LogP contribution in [0.3, 0.4) is 0 Å². The molecule has 4 rings (SSSR count). The molecular formula is C17H13N5S. The van der Waals surface area contributed by atoms with E-state index in [-0.39, 0.29) is 0 Å². The van der Waals surface area contributed by atoms with Gasteiger partial charge in [-0.3, -0.25) is 4.68 Å². The van der Waals surface area contributed by atoms with Crippen LogP contribution in [-0.4, -0.2) is 24.7 Å². The predicted molar refractivity (Wildman–Crippen MR) is 89.9 cm³/mol. The van der Waals surface area contributed by atoms with E-state index >= 15 is 0 Å². The first-order valence-electron chi connectivity index (χ1n) is 7.16. The summed E-state index contributed by atoms with van der Waals surface area (Å²) in [7, 11) is 0. The Hall–Kier alpha value is -2.86. The molecule has 0 fully saturated rings. The van der Waals surface area contributed by atoms with E-state index < -0.39 is 0 Å². The van der Waals surface area contributed by atoms with Crippen molar-refractivity contribution in [2.24, 2.45) is 0 Å². The Morgan fingerprint density at radius 2 is 1.87 bits per heavy atom. The number of nitrogens with zero attached hydrogens (tertiary/aromatic N) is 5. The molecule has 3 heterocycles. The second kappa shape index (κ2) is 6.10. The van der Waals surface area contributed by atoms with Crippen LogP contribution in [0.15, 0.2) is 66.8 Å². The monoisotopic (exact) mass is 319 g/mol. The molecule has 0 aliphatic rings. The fraction of sp³-hybridized carbons (Fsp3) is 0.0588. The maximum Gasteiger partial charge on any atom is 0.115 e. The van der Waals surface area contributed by atoms with Gasteiger partial charge in [-0.1, -0.05) is 18.2 Å². The Kier molecular flexibility index (Phi) is 3.65. The molecule has 0 saturated carbocycles. The van der Waals surface area contributed by atoms with E-state index in [0.29, 0.717) is 6.54 Å². The minimum atomic E-state index is 0.698. The van der Waals surface area contributed by atoms with E-state index in [0.717, 1.165) is 27.4 Å². The number of hydrogen-bond donors (Lipinski definition) is 0. The summed E-state index contributed by atoms with van der Waals surface area (Å²) in [6, 6.07) is 10.3. The van der Waals surface area contributed by atoms with Gasteiger partial charge in [0, 0.05) is 41.3 Å². The van der Waals surface area contributed by atoms with Gasteiger partial charge < -0.3 is 0 Å². The van der Waals surface area contributed by atoms with Crippen LogP contribution < -0.4 is 0 Å². The van der Waals surface area contributed by atoms with Crippen LogP contribution in [0.25, 0.3) is 22.4 Å². The minimum Gasteiger partial charge on any atom is -0.265 e. The first-order chi connectivity index (χ1) is 11.4. The number of aromatic nitrogens is 5. The van der Waals surface area contributed by atoms with Gasteiger partial charge in [-0.2, -0.15) is 5.10 Å². The summed E-state index contributed by atoms with van der Waals surface area (Å²) in [4.78, 5) is 12.4. The van der Waals surface area contributed by atoms with E-state index in [1.807, 2.05) is 47.0 Å². The molecular weight excluding hydrogens is 306 g/mol. The van der Waals surface area contributed by atoms with Crippen molar-refractivity contribution in [3.8, 4) is 22.4 Å². The Balaban J connectivity index is 1.62. The Labute approximate surface area is 137 Å². The van der Waals surface area contributed by atoms with Crippen LogP contribution in [0.1, 0.15) is 5.01 Å². The summed E-state index contributed by atoms with van der Waals surface area (Å²) < 4.78 is 1.91. The topological polar surface area (TPSA) is 56.5 Å². The Bertz CT molecular complexity index is 900. The summed E-state index contributed by atoms with van der Waals surface area (Å²) in [6.45, 7) is 0.698. The van der Waals surface area contributed by atoms with Crippen molar-refractivity contribution in [1.29, 1.82) is 0 Å². The van der Waals surface area contributed by atoms with Gasteiger partial charge in [-0.05, 0) is 17.7 Å². The summed E-state index contributed by atoms with van der Waals surface area (Å²) in [6.07, 6.45) is 8.96. The van der Waals surface area contributed by atoms with Crippen LogP contribution in [0.5, 0.6) is 0 Å². The molecule has 3 aromatic heterocycles. The first-order valence-corrected chi connectivity index (χ1v) is 8.04. The average Bonchev–Trinajstić information content (AvgIpc) is 3.28. The molecule has 5 nitrogen and oxygen atoms in total. The maximum atomic E-state index is 4.64. The van der Waals surface area contributed by atoms with E-state index in [4.69, 9.17) is 0 Å². The zero-order valence-electron chi connectivity index (χ0n) is 12.2. The molecule has 0 bridgehead atoms. The third-order valence-corrected chi connectivity index (χ3v) is 4.24. The molecule has 0 N–H and O–H groups in total. The van der Waals surface area contributed by atoms with Crippen LogP contribution in [-0.2, 0) is 6.54 Å². The molecule has 0 amide bonds. The molecule has 0 unspecified atom stereocenters. The Morgan fingerprint density at radius 3 is 2.70 bits per heavy atom. The van der Waals surface area contributed by atoms with Crippen molar-refractivity contribution in [2.45, 2.75) is 6.54 Å². The number of rotatable bonds is 4. The zero-order chi connectivity index (χ0) is 15.5. The number of benzene rings is 1. The third-order valence-electron chi connectivity index (χ3n) is 3.47. The first kappa shape index (κ1) is 13.8. The molecule has 6 heteroatoms. The van der Waals surface area contributed by atoms with E-state index in [1.54, 1.807) is 11.3 Å². The fourth-order valence-corrected chi connectivity index (χ4v) is 2.99. The van der Waals surface area contributed by atoms with Crippen LogP contribution in [0.2, 0.25) is 0 Å². The minimum absolute atomic E-state index is 0.698. The highest BCUT2D eigenvalue weighted by molar-refractivity contribution is 7.09. The number of hydrogen-bond acceptors (Lipinski definition) is 5. The summed E-state index contributed by atoms with van der Waals surface area (Å²) in [5, 5.41) is 7.67. The molecule has 23 heavy (non-hydrogen) atoms.